The van der Waals surface area contributed by atoms with Crippen LogP contribution in [0.1, 0.15) is 24.0 Å². The smallest absolute Gasteiger partial charge is 0.355 e. The summed E-state index contributed by atoms with van der Waals surface area (Å²) in [5, 5.41) is 3.44. The summed E-state index contributed by atoms with van der Waals surface area (Å²) >= 11 is 12.1. The second-order valence-electron chi connectivity index (χ2n) is 6.60. The molecule has 0 radical (unpaired) electrons. The van der Waals surface area contributed by atoms with Crippen molar-refractivity contribution in [3.63, 3.8) is 0 Å². The van der Waals surface area contributed by atoms with Crippen LogP contribution in [0, 0.1) is 5.92 Å². The SMILES string of the molecule is O=C(NCc1ccccc1Cl)C1CCN(c2ncc(C(F)(F)F)cc2Cl)CC1. The van der Waals surface area contributed by atoms with Gasteiger partial charge in [-0.15, -0.1) is 0 Å². The molecular formula is C19H18Cl2F3N3O. The number of pyridine rings is 1. The number of carbonyl (C=O) groups excluding carboxylic acids is 1. The predicted molar refractivity (Wildman–Crippen MR) is 102 cm³/mol. The first-order valence-corrected chi connectivity index (χ1v) is 9.50. The molecule has 2 heterocycles. The van der Waals surface area contributed by atoms with Gasteiger partial charge in [-0.3, -0.25) is 4.79 Å². The minimum Gasteiger partial charge on any atom is -0.355 e. The average Bonchev–Trinajstić information content (AvgIpc) is 2.66. The fourth-order valence-corrected chi connectivity index (χ4v) is 3.63. The summed E-state index contributed by atoms with van der Waals surface area (Å²) in [5.74, 6) is 0.0719. The number of nitrogens with zero attached hydrogens (tertiary/aromatic N) is 2. The molecule has 1 fully saturated rings. The number of amides is 1. The zero-order chi connectivity index (χ0) is 20.3. The first-order valence-electron chi connectivity index (χ1n) is 8.74. The third kappa shape index (κ3) is 4.89. The van der Waals surface area contributed by atoms with Crippen LogP contribution in [0.4, 0.5) is 19.0 Å². The largest absolute Gasteiger partial charge is 0.417 e. The Hall–Kier alpha value is -1.99. The second kappa shape index (κ2) is 8.57. The van der Waals surface area contributed by atoms with E-state index in [2.05, 4.69) is 10.3 Å². The normalized spacial score (nSPS) is 15.5. The molecule has 4 nitrogen and oxygen atoms in total. The Morgan fingerprint density at radius 1 is 1.18 bits per heavy atom. The summed E-state index contributed by atoms with van der Waals surface area (Å²) in [4.78, 5) is 18.1. The number of halogens is 5. The highest BCUT2D eigenvalue weighted by Crippen LogP contribution is 2.34. The van der Waals surface area contributed by atoms with Crippen LogP contribution in [0.25, 0.3) is 0 Å². The molecule has 0 saturated carbocycles. The lowest BCUT2D eigenvalue weighted by Gasteiger charge is -2.32. The minimum absolute atomic E-state index is 0.0450. The topological polar surface area (TPSA) is 45.2 Å². The quantitative estimate of drug-likeness (QED) is 0.745. The fourth-order valence-electron chi connectivity index (χ4n) is 3.14. The number of rotatable bonds is 4. The van der Waals surface area contributed by atoms with Crippen molar-refractivity contribution in [2.75, 3.05) is 18.0 Å². The van der Waals surface area contributed by atoms with Gasteiger partial charge in [0.15, 0.2) is 0 Å². The molecule has 150 valence electrons. The van der Waals surface area contributed by atoms with Gasteiger partial charge in [-0.05, 0) is 30.5 Å². The first-order chi connectivity index (χ1) is 13.3. The second-order valence-corrected chi connectivity index (χ2v) is 7.41. The van der Waals surface area contributed by atoms with Gasteiger partial charge in [-0.25, -0.2) is 4.98 Å². The van der Waals surface area contributed by atoms with E-state index >= 15 is 0 Å². The highest BCUT2D eigenvalue weighted by Gasteiger charge is 2.33. The van der Waals surface area contributed by atoms with Crippen molar-refractivity contribution in [3.8, 4) is 0 Å². The molecule has 3 rings (SSSR count). The molecule has 0 atom stereocenters. The van der Waals surface area contributed by atoms with Crippen molar-refractivity contribution in [1.29, 1.82) is 0 Å². The number of anilines is 1. The van der Waals surface area contributed by atoms with Gasteiger partial charge in [0.1, 0.15) is 5.82 Å². The standard InChI is InChI=1S/C19H18Cl2F3N3O/c20-15-4-2-1-3-13(15)10-26-18(28)12-5-7-27(8-6-12)17-16(21)9-14(11-25-17)19(22,23)24/h1-4,9,11-12H,5-8,10H2,(H,26,28). The molecule has 1 aromatic carbocycles. The van der Waals surface area contributed by atoms with Crippen molar-refractivity contribution in [3.05, 3.63) is 57.7 Å². The predicted octanol–water partition coefficient (Wildman–Crippen LogP) is 4.94. The van der Waals surface area contributed by atoms with Crippen molar-refractivity contribution in [2.24, 2.45) is 5.92 Å². The molecule has 28 heavy (non-hydrogen) atoms. The van der Waals surface area contributed by atoms with E-state index < -0.39 is 11.7 Å². The summed E-state index contributed by atoms with van der Waals surface area (Å²) in [6, 6.07) is 8.18. The summed E-state index contributed by atoms with van der Waals surface area (Å²) in [7, 11) is 0. The number of aromatic nitrogens is 1. The summed E-state index contributed by atoms with van der Waals surface area (Å²) < 4.78 is 38.2. The Morgan fingerprint density at radius 2 is 1.86 bits per heavy atom. The third-order valence-electron chi connectivity index (χ3n) is 4.73. The molecule has 1 aliphatic heterocycles. The van der Waals surface area contributed by atoms with Gasteiger partial charge in [0, 0.05) is 36.8 Å². The van der Waals surface area contributed by atoms with E-state index in [4.69, 9.17) is 23.2 Å². The molecule has 1 aliphatic rings. The highest BCUT2D eigenvalue weighted by atomic mass is 35.5. The highest BCUT2D eigenvalue weighted by molar-refractivity contribution is 6.33. The molecule has 2 aromatic rings. The van der Waals surface area contributed by atoms with Gasteiger partial charge < -0.3 is 10.2 Å². The molecule has 1 amide bonds. The Labute approximate surface area is 170 Å². The molecule has 1 saturated heterocycles. The zero-order valence-corrected chi connectivity index (χ0v) is 16.3. The maximum absolute atomic E-state index is 12.7. The van der Waals surface area contributed by atoms with E-state index in [9.17, 15) is 18.0 Å². The third-order valence-corrected chi connectivity index (χ3v) is 5.37. The molecule has 1 N–H and O–H groups in total. The summed E-state index contributed by atoms with van der Waals surface area (Å²) in [5.41, 5.74) is -0.0363. The van der Waals surface area contributed by atoms with Gasteiger partial charge in [0.2, 0.25) is 5.91 Å². The molecule has 0 unspecified atom stereocenters. The molecule has 9 heteroatoms. The van der Waals surface area contributed by atoms with Gasteiger partial charge in [-0.1, -0.05) is 41.4 Å². The van der Waals surface area contributed by atoms with Crippen LogP contribution in [0.15, 0.2) is 36.5 Å². The van der Waals surface area contributed by atoms with Crippen LogP contribution in [-0.2, 0) is 17.5 Å². The summed E-state index contributed by atoms with van der Waals surface area (Å²) in [6.45, 7) is 1.33. The van der Waals surface area contributed by atoms with Gasteiger partial charge >= 0.3 is 6.18 Å². The molecular weight excluding hydrogens is 414 g/mol. The van der Waals surface area contributed by atoms with Crippen LogP contribution in [0.3, 0.4) is 0 Å². The number of piperidine rings is 1. The van der Waals surface area contributed by atoms with Crippen LogP contribution in [-0.4, -0.2) is 24.0 Å². The molecule has 0 spiro atoms. The minimum atomic E-state index is -4.48. The number of nitrogens with one attached hydrogen (secondary N) is 1. The van der Waals surface area contributed by atoms with E-state index in [1.807, 2.05) is 18.2 Å². The van der Waals surface area contributed by atoms with Gasteiger partial charge in [0.25, 0.3) is 0 Å². The van der Waals surface area contributed by atoms with Crippen LogP contribution in [0.5, 0.6) is 0 Å². The van der Waals surface area contributed by atoms with E-state index in [-0.39, 0.29) is 16.8 Å². The Kier molecular flexibility index (Phi) is 6.35. The Morgan fingerprint density at radius 3 is 2.46 bits per heavy atom. The van der Waals surface area contributed by atoms with Crippen molar-refractivity contribution in [2.45, 2.75) is 25.6 Å². The van der Waals surface area contributed by atoms with E-state index in [1.54, 1.807) is 11.0 Å². The lowest BCUT2D eigenvalue weighted by molar-refractivity contribution is -0.137. The number of carbonyl (C=O) groups is 1. The van der Waals surface area contributed by atoms with Crippen molar-refractivity contribution >= 4 is 34.9 Å². The molecule has 0 aliphatic carbocycles. The number of alkyl halides is 3. The van der Waals surface area contributed by atoms with Gasteiger partial charge in [-0.2, -0.15) is 13.2 Å². The average molecular weight is 432 g/mol. The lowest BCUT2D eigenvalue weighted by atomic mass is 9.95. The van der Waals surface area contributed by atoms with E-state index in [0.29, 0.717) is 43.3 Å². The van der Waals surface area contributed by atoms with Crippen molar-refractivity contribution in [1.82, 2.24) is 10.3 Å². The van der Waals surface area contributed by atoms with Crippen molar-refractivity contribution < 1.29 is 18.0 Å². The maximum atomic E-state index is 12.7. The molecule has 1 aromatic heterocycles. The fraction of sp³-hybridized carbons (Fsp3) is 0.368. The maximum Gasteiger partial charge on any atom is 0.417 e. The number of hydrogen-bond donors (Lipinski definition) is 1. The number of benzene rings is 1. The monoisotopic (exact) mass is 431 g/mol. The van der Waals surface area contributed by atoms with E-state index in [1.165, 1.54) is 0 Å². The molecule has 0 bridgehead atoms. The Bertz CT molecular complexity index is 853. The summed E-state index contributed by atoms with van der Waals surface area (Å²) in [6.07, 6.45) is -2.58. The first kappa shape index (κ1) is 20.7. The number of hydrogen-bond acceptors (Lipinski definition) is 3. The van der Waals surface area contributed by atoms with Crippen LogP contribution in [0.2, 0.25) is 10.0 Å². The Balaban J connectivity index is 1.55. The zero-order valence-electron chi connectivity index (χ0n) is 14.8. The lowest BCUT2D eigenvalue weighted by Crippen LogP contribution is -2.40. The van der Waals surface area contributed by atoms with E-state index in [0.717, 1.165) is 17.8 Å². The van der Waals surface area contributed by atoms with Gasteiger partial charge in [0.05, 0.1) is 10.6 Å². The van der Waals surface area contributed by atoms with Crippen LogP contribution < -0.4 is 10.2 Å². The van der Waals surface area contributed by atoms with Crippen LogP contribution >= 0.6 is 23.2 Å².